The number of anilines is 1. The SMILES string of the molecule is O=C(NCCSCc1c(Cl)cccc1Cl)c1ccc2c(c1)[C@@H]1[C@H]3CC[C@@H](C3)[C@H]1[C@@H](c1ccccc1)N2. The minimum atomic E-state index is -0.000866. The summed E-state index contributed by atoms with van der Waals surface area (Å²) < 4.78 is 0. The largest absolute Gasteiger partial charge is 0.378 e. The van der Waals surface area contributed by atoms with Crippen LogP contribution in [0.15, 0.2) is 66.7 Å². The summed E-state index contributed by atoms with van der Waals surface area (Å²) in [5.74, 6) is 4.17. The molecule has 5 atom stereocenters. The summed E-state index contributed by atoms with van der Waals surface area (Å²) in [5.41, 5.74) is 5.63. The molecule has 2 saturated carbocycles. The topological polar surface area (TPSA) is 41.1 Å². The minimum absolute atomic E-state index is 0.000866. The van der Waals surface area contributed by atoms with Crippen LogP contribution in [0.5, 0.6) is 0 Å². The molecule has 36 heavy (non-hydrogen) atoms. The van der Waals surface area contributed by atoms with Gasteiger partial charge >= 0.3 is 0 Å². The molecule has 6 heteroatoms. The highest BCUT2D eigenvalue weighted by Crippen LogP contribution is 2.63. The molecular formula is C30H30Cl2N2OS. The summed E-state index contributed by atoms with van der Waals surface area (Å²) in [6.07, 6.45) is 3.97. The van der Waals surface area contributed by atoms with Crippen molar-refractivity contribution in [3.05, 3.63) is 99.0 Å². The summed E-state index contributed by atoms with van der Waals surface area (Å²) in [6.45, 7) is 0.605. The van der Waals surface area contributed by atoms with E-state index in [1.165, 1.54) is 36.1 Å². The molecule has 2 N–H and O–H groups in total. The van der Waals surface area contributed by atoms with E-state index < -0.39 is 0 Å². The van der Waals surface area contributed by atoms with Gasteiger partial charge in [-0.2, -0.15) is 11.8 Å². The number of fused-ring (bicyclic) bond motifs is 7. The Bertz CT molecular complexity index is 1250. The molecule has 0 spiro atoms. The van der Waals surface area contributed by atoms with Gasteiger partial charge in [-0.1, -0.05) is 59.6 Å². The van der Waals surface area contributed by atoms with Crippen LogP contribution in [-0.2, 0) is 5.75 Å². The molecule has 3 aromatic carbocycles. The van der Waals surface area contributed by atoms with Gasteiger partial charge in [0.2, 0.25) is 0 Å². The molecule has 0 radical (unpaired) electrons. The Kier molecular flexibility index (Phi) is 6.94. The second-order valence-electron chi connectivity index (χ2n) is 10.3. The Morgan fingerprint density at radius 3 is 2.56 bits per heavy atom. The highest BCUT2D eigenvalue weighted by atomic mass is 35.5. The Balaban J connectivity index is 1.13. The third kappa shape index (κ3) is 4.53. The normalized spacial score (nSPS) is 25.7. The first-order chi connectivity index (χ1) is 17.6. The van der Waals surface area contributed by atoms with Crippen LogP contribution in [0, 0.1) is 17.8 Å². The quantitative estimate of drug-likeness (QED) is 0.301. The zero-order valence-electron chi connectivity index (χ0n) is 20.1. The third-order valence-corrected chi connectivity index (χ3v) is 10.0. The summed E-state index contributed by atoms with van der Waals surface area (Å²) in [5, 5.41) is 8.35. The number of thioether (sulfide) groups is 1. The predicted octanol–water partition coefficient (Wildman–Crippen LogP) is 7.95. The molecule has 186 valence electrons. The molecule has 0 saturated heterocycles. The van der Waals surface area contributed by atoms with Crippen molar-refractivity contribution in [2.24, 2.45) is 17.8 Å². The van der Waals surface area contributed by atoms with Gasteiger partial charge in [0, 0.05) is 39.3 Å². The maximum Gasteiger partial charge on any atom is 0.251 e. The first-order valence-corrected chi connectivity index (χ1v) is 14.8. The van der Waals surface area contributed by atoms with Crippen molar-refractivity contribution in [2.75, 3.05) is 17.6 Å². The Hall–Kier alpha value is -2.14. The molecule has 0 aromatic heterocycles. The maximum atomic E-state index is 13.0. The van der Waals surface area contributed by atoms with Crippen molar-refractivity contribution in [2.45, 2.75) is 37.0 Å². The second kappa shape index (κ2) is 10.3. The number of halogens is 2. The van der Waals surface area contributed by atoms with E-state index in [2.05, 4.69) is 53.1 Å². The van der Waals surface area contributed by atoms with Gasteiger partial charge in [0.15, 0.2) is 0 Å². The van der Waals surface area contributed by atoms with Crippen LogP contribution in [0.1, 0.15) is 58.3 Å². The van der Waals surface area contributed by atoms with Gasteiger partial charge in [-0.25, -0.2) is 0 Å². The van der Waals surface area contributed by atoms with Crippen molar-refractivity contribution >= 4 is 46.6 Å². The summed E-state index contributed by atoms with van der Waals surface area (Å²) in [6, 6.07) is 23.1. The number of benzene rings is 3. The van der Waals surface area contributed by atoms with Crippen molar-refractivity contribution in [1.82, 2.24) is 5.32 Å². The number of amides is 1. The Labute approximate surface area is 227 Å². The first kappa shape index (κ1) is 24.2. The van der Waals surface area contributed by atoms with Crippen LogP contribution < -0.4 is 10.6 Å². The van der Waals surface area contributed by atoms with Crippen LogP contribution in [0.4, 0.5) is 5.69 Å². The molecular weight excluding hydrogens is 507 g/mol. The highest BCUT2D eigenvalue weighted by Gasteiger charge is 2.53. The van der Waals surface area contributed by atoms with Gasteiger partial charge in [0.1, 0.15) is 0 Å². The number of carbonyl (C=O) groups is 1. The first-order valence-electron chi connectivity index (χ1n) is 12.8. The van der Waals surface area contributed by atoms with E-state index >= 15 is 0 Å². The van der Waals surface area contributed by atoms with E-state index in [4.69, 9.17) is 23.2 Å². The molecule has 2 aliphatic carbocycles. The lowest BCUT2D eigenvalue weighted by molar-refractivity contribution is 0.0956. The van der Waals surface area contributed by atoms with Gasteiger partial charge in [-0.3, -0.25) is 4.79 Å². The van der Waals surface area contributed by atoms with E-state index in [1.807, 2.05) is 24.3 Å². The van der Waals surface area contributed by atoms with Crippen LogP contribution in [0.2, 0.25) is 10.0 Å². The summed E-state index contributed by atoms with van der Waals surface area (Å²) in [7, 11) is 0. The average molecular weight is 538 g/mol. The van der Waals surface area contributed by atoms with Crippen molar-refractivity contribution in [3.8, 4) is 0 Å². The zero-order chi connectivity index (χ0) is 24.6. The van der Waals surface area contributed by atoms with Gasteiger partial charge in [0.05, 0.1) is 6.04 Å². The highest BCUT2D eigenvalue weighted by molar-refractivity contribution is 7.98. The van der Waals surface area contributed by atoms with Gasteiger partial charge in [-0.05, 0) is 90.0 Å². The van der Waals surface area contributed by atoms with Crippen molar-refractivity contribution < 1.29 is 4.79 Å². The molecule has 3 aliphatic rings. The average Bonchev–Trinajstić information content (AvgIpc) is 3.53. The molecule has 6 rings (SSSR count). The Morgan fingerprint density at radius 2 is 1.75 bits per heavy atom. The van der Waals surface area contributed by atoms with E-state index in [0.717, 1.165) is 34.5 Å². The van der Waals surface area contributed by atoms with Gasteiger partial charge in [-0.15, -0.1) is 0 Å². The van der Waals surface area contributed by atoms with E-state index in [0.29, 0.717) is 34.5 Å². The molecule has 2 bridgehead atoms. The number of nitrogens with one attached hydrogen (secondary N) is 2. The summed E-state index contributed by atoms with van der Waals surface area (Å²) >= 11 is 14.2. The number of rotatable bonds is 7. The van der Waals surface area contributed by atoms with Crippen molar-refractivity contribution in [1.29, 1.82) is 0 Å². The Morgan fingerprint density at radius 1 is 0.972 bits per heavy atom. The molecule has 0 unspecified atom stereocenters. The fraction of sp³-hybridized carbons (Fsp3) is 0.367. The smallest absolute Gasteiger partial charge is 0.251 e. The van der Waals surface area contributed by atoms with E-state index in [9.17, 15) is 4.79 Å². The number of hydrogen-bond donors (Lipinski definition) is 2. The monoisotopic (exact) mass is 536 g/mol. The molecule has 3 nitrogen and oxygen atoms in total. The van der Waals surface area contributed by atoms with Crippen LogP contribution in [-0.4, -0.2) is 18.2 Å². The standard InChI is InChI=1S/C30H30Cl2N2OS/c31-24-7-4-8-25(32)23(24)17-36-14-13-33-30(35)21-11-12-26-22(16-21)27-19-9-10-20(15-19)28(27)29(34-26)18-5-2-1-3-6-18/h1-8,11-12,16,19-20,27-29,34H,9-10,13-15,17H2,(H,33,35)/t19-,20-,27-,28+,29+/m0/s1. The molecule has 2 fully saturated rings. The molecule has 1 heterocycles. The zero-order valence-corrected chi connectivity index (χ0v) is 22.4. The summed E-state index contributed by atoms with van der Waals surface area (Å²) in [4.78, 5) is 13.0. The van der Waals surface area contributed by atoms with Crippen LogP contribution >= 0.6 is 35.0 Å². The fourth-order valence-corrected chi connectivity index (χ4v) is 8.40. The lowest BCUT2D eigenvalue weighted by Crippen LogP contribution is -2.35. The molecule has 3 aromatic rings. The number of hydrogen-bond acceptors (Lipinski definition) is 3. The van der Waals surface area contributed by atoms with Gasteiger partial charge in [0.25, 0.3) is 5.91 Å². The van der Waals surface area contributed by atoms with Crippen LogP contribution in [0.3, 0.4) is 0 Å². The maximum absolute atomic E-state index is 13.0. The lowest BCUT2D eigenvalue weighted by Gasteiger charge is -2.43. The predicted molar refractivity (Wildman–Crippen MR) is 151 cm³/mol. The lowest BCUT2D eigenvalue weighted by atomic mass is 9.68. The van der Waals surface area contributed by atoms with Crippen molar-refractivity contribution in [3.63, 3.8) is 0 Å². The molecule has 1 aliphatic heterocycles. The minimum Gasteiger partial charge on any atom is -0.378 e. The van der Waals surface area contributed by atoms with Gasteiger partial charge < -0.3 is 10.6 Å². The van der Waals surface area contributed by atoms with E-state index in [1.54, 1.807) is 11.8 Å². The fourth-order valence-electron chi connectivity index (χ4n) is 6.80. The third-order valence-electron chi connectivity index (χ3n) is 8.35. The second-order valence-corrected chi connectivity index (χ2v) is 12.2. The molecule has 1 amide bonds. The van der Waals surface area contributed by atoms with E-state index in [-0.39, 0.29) is 5.91 Å². The van der Waals surface area contributed by atoms with Crippen LogP contribution in [0.25, 0.3) is 0 Å². The number of carbonyl (C=O) groups excluding carboxylic acids is 1.